The first kappa shape index (κ1) is 15.3. The number of morpholine rings is 1. The van der Waals surface area contributed by atoms with Crippen LogP contribution in [0.3, 0.4) is 0 Å². The van der Waals surface area contributed by atoms with Crippen LogP contribution in [0.5, 0.6) is 0 Å². The van der Waals surface area contributed by atoms with Gasteiger partial charge in [-0.15, -0.1) is 0 Å². The Morgan fingerprint density at radius 3 is 2.77 bits per heavy atom. The monoisotopic (exact) mass is 345 g/mol. The molecule has 1 fully saturated rings. The molecule has 0 amide bonds. The Labute approximate surface area is 151 Å². The Balaban J connectivity index is 1.65. The van der Waals surface area contributed by atoms with Crippen LogP contribution in [-0.2, 0) is 4.74 Å². The molecule has 0 radical (unpaired) electrons. The lowest BCUT2D eigenvalue weighted by molar-refractivity contribution is 0.122. The average molecular weight is 345 g/mol. The van der Waals surface area contributed by atoms with Gasteiger partial charge in [0.15, 0.2) is 5.65 Å². The molecule has 3 aromatic heterocycles. The normalized spacial score (nSPS) is 15.0. The first-order chi connectivity index (χ1) is 12.8. The zero-order valence-electron chi connectivity index (χ0n) is 14.6. The van der Waals surface area contributed by atoms with E-state index in [0.29, 0.717) is 0 Å². The first-order valence-corrected chi connectivity index (χ1v) is 8.83. The van der Waals surface area contributed by atoms with Gasteiger partial charge < -0.3 is 9.64 Å². The molecule has 130 valence electrons. The van der Waals surface area contributed by atoms with Crippen molar-refractivity contribution in [1.82, 2.24) is 19.6 Å². The third-order valence-electron chi connectivity index (χ3n) is 4.87. The summed E-state index contributed by atoms with van der Waals surface area (Å²) in [6.45, 7) is 5.28. The smallest absolute Gasteiger partial charge is 0.165 e. The van der Waals surface area contributed by atoms with Crippen LogP contribution >= 0.6 is 0 Å². The van der Waals surface area contributed by atoms with Crippen molar-refractivity contribution >= 4 is 22.4 Å². The molecule has 0 spiro atoms. The van der Waals surface area contributed by atoms with Gasteiger partial charge in [0, 0.05) is 47.6 Å². The van der Waals surface area contributed by atoms with Gasteiger partial charge in [-0.05, 0) is 19.1 Å². The Kier molecular flexibility index (Phi) is 3.57. The molecule has 0 atom stereocenters. The Bertz CT molecular complexity index is 1100. The zero-order valence-corrected chi connectivity index (χ0v) is 14.6. The number of para-hydroxylation sites is 1. The second-order valence-corrected chi connectivity index (χ2v) is 6.57. The number of anilines is 1. The maximum absolute atomic E-state index is 5.46. The molecular weight excluding hydrogens is 326 g/mol. The summed E-state index contributed by atoms with van der Waals surface area (Å²) >= 11 is 0. The van der Waals surface area contributed by atoms with Gasteiger partial charge in [-0.2, -0.15) is 5.10 Å². The van der Waals surface area contributed by atoms with E-state index in [1.54, 1.807) is 0 Å². The summed E-state index contributed by atoms with van der Waals surface area (Å²) in [4.78, 5) is 11.8. The molecule has 26 heavy (non-hydrogen) atoms. The lowest BCUT2D eigenvalue weighted by Gasteiger charge is -2.28. The molecule has 0 saturated carbocycles. The van der Waals surface area contributed by atoms with Gasteiger partial charge in [0.1, 0.15) is 5.82 Å². The van der Waals surface area contributed by atoms with Crippen LogP contribution in [0.25, 0.3) is 27.7 Å². The summed E-state index contributed by atoms with van der Waals surface area (Å²) in [6, 6.07) is 12.4. The highest BCUT2D eigenvalue weighted by Crippen LogP contribution is 2.28. The Morgan fingerprint density at radius 2 is 1.88 bits per heavy atom. The van der Waals surface area contributed by atoms with Crippen LogP contribution < -0.4 is 4.90 Å². The Hall–Kier alpha value is -2.99. The van der Waals surface area contributed by atoms with Gasteiger partial charge in [-0.25, -0.2) is 9.50 Å². The summed E-state index contributed by atoms with van der Waals surface area (Å²) in [5, 5.41) is 5.66. The molecule has 0 bridgehead atoms. The average Bonchev–Trinajstić information content (AvgIpc) is 3.13. The van der Waals surface area contributed by atoms with E-state index in [1.165, 1.54) is 0 Å². The molecule has 6 heteroatoms. The number of ether oxygens (including phenoxy) is 1. The van der Waals surface area contributed by atoms with Crippen LogP contribution in [0.4, 0.5) is 5.82 Å². The van der Waals surface area contributed by atoms with Gasteiger partial charge in [0.2, 0.25) is 0 Å². The number of hydrogen-bond acceptors (Lipinski definition) is 5. The summed E-state index contributed by atoms with van der Waals surface area (Å²) in [6.07, 6.45) is 3.78. The molecule has 1 aromatic carbocycles. The van der Waals surface area contributed by atoms with E-state index in [4.69, 9.17) is 9.72 Å². The fourth-order valence-corrected chi connectivity index (χ4v) is 3.47. The lowest BCUT2D eigenvalue weighted by atomic mass is 10.1. The van der Waals surface area contributed by atoms with E-state index < -0.39 is 0 Å². The van der Waals surface area contributed by atoms with Gasteiger partial charge in [0.05, 0.1) is 24.9 Å². The van der Waals surface area contributed by atoms with Crippen molar-refractivity contribution in [1.29, 1.82) is 0 Å². The predicted molar refractivity (Wildman–Crippen MR) is 101 cm³/mol. The van der Waals surface area contributed by atoms with Crippen LogP contribution in [0.1, 0.15) is 5.69 Å². The third kappa shape index (κ3) is 2.50. The fraction of sp³-hybridized carbons (Fsp3) is 0.250. The minimum atomic E-state index is 0.743. The van der Waals surface area contributed by atoms with E-state index in [9.17, 15) is 0 Å². The number of rotatable bonds is 2. The second-order valence-electron chi connectivity index (χ2n) is 6.57. The number of nitrogens with zero attached hydrogens (tertiary/aromatic N) is 5. The van der Waals surface area contributed by atoms with Crippen LogP contribution in [-0.4, -0.2) is 45.9 Å². The highest BCUT2D eigenvalue weighted by molar-refractivity contribution is 5.86. The summed E-state index contributed by atoms with van der Waals surface area (Å²) < 4.78 is 7.36. The molecule has 1 saturated heterocycles. The lowest BCUT2D eigenvalue weighted by Crippen LogP contribution is -2.36. The zero-order chi connectivity index (χ0) is 17.5. The number of hydrogen-bond donors (Lipinski definition) is 0. The maximum atomic E-state index is 5.46. The molecule has 4 heterocycles. The Morgan fingerprint density at radius 1 is 1.04 bits per heavy atom. The largest absolute Gasteiger partial charge is 0.378 e. The van der Waals surface area contributed by atoms with Crippen molar-refractivity contribution < 1.29 is 4.74 Å². The SMILES string of the molecule is Cc1cc(N2CCOCC2)nc2c(-c3cnc4ccccc4c3)cnn12. The van der Waals surface area contributed by atoms with Crippen molar-refractivity contribution in [2.24, 2.45) is 0 Å². The number of benzene rings is 1. The number of aromatic nitrogens is 4. The van der Waals surface area contributed by atoms with E-state index in [0.717, 1.165) is 65.5 Å². The molecule has 1 aliphatic heterocycles. The molecule has 1 aliphatic rings. The minimum Gasteiger partial charge on any atom is -0.378 e. The van der Waals surface area contributed by atoms with Crippen molar-refractivity contribution in [3.63, 3.8) is 0 Å². The van der Waals surface area contributed by atoms with E-state index in [2.05, 4.69) is 40.1 Å². The number of fused-ring (bicyclic) bond motifs is 2. The van der Waals surface area contributed by atoms with Crippen LogP contribution in [0, 0.1) is 6.92 Å². The van der Waals surface area contributed by atoms with Crippen LogP contribution in [0.2, 0.25) is 0 Å². The van der Waals surface area contributed by atoms with Gasteiger partial charge in [-0.1, -0.05) is 18.2 Å². The number of aryl methyl sites for hydroxylation is 1. The van der Waals surface area contributed by atoms with Gasteiger partial charge in [-0.3, -0.25) is 4.98 Å². The van der Waals surface area contributed by atoms with Crippen molar-refractivity contribution in [2.75, 3.05) is 31.2 Å². The van der Waals surface area contributed by atoms with E-state index >= 15 is 0 Å². The van der Waals surface area contributed by atoms with E-state index in [-0.39, 0.29) is 0 Å². The van der Waals surface area contributed by atoms with Crippen LogP contribution in [0.15, 0.2) is 48.8 Å². The summed E-state index contributed by atoms with van der Waals surface area (Å²) in [5.74, 6) is 0.980. The van der Waals surface area contributed by atoms with Crippen molar-refractivity contribution in [2.45, 2.75) is 6.92 Å². The molecule has 4 aromatic rings. The predicted octanol–water partition coefficient (Wildman–Crippen LogP) is 3.09. The fourth-order valence-electron chi connectivity index (χ4n) is 3.47. The molecule has 0 unspecified atom stereocenters. The minimum absolute atomic E-state index is 0.743. The third-order valence-corrected chi connectivity index (χ3v) is 4.87. The molecule has 5 rings (SSSR count). The highest BCUT2D eigenvalue weighted by atomic mass is 16.5. The maximum Gasteiger partial charge on any atom is 0.165 e. The van der Waals surface area contributed by atoms with Gasteiger partial charge >= 0.3 is 0 Å². The quantitative estimate of drug-likeness (QED) is 0.559. The molecule has 0 N–H and O–H groups in total. The molecule has 6 nitrogen and oxygen atoms in total. The topological polar surface area (TPSA) is 55.5 Å². The van der Waals surface area contributed by atoms with E-state index in [1.807, 2.05) is 35.1 Å². The summed E-state index contributed by atoms with van der Waals surface area (Å²) in [5.41, 5.74) is 4.96. The highest BCUT2D eigenvalue weighted by Gasteiger charge is 2.17. The first-order valence-electron chi connectivity index (χ1n) is 8.83. The number of pyridine rings is 1. The second kappa shape index (κ2) is 6.07. The molecular formula is C20H19N5O. The van der Waals surface area contributed by atoms with Crippen molar-refractivity contribution in [3.8, 4) is 11.1 Å². The van der Waals surface area contributed by atoms with Crippen molar-refractivity contribution in [3.05, 3.63) is 54.5 Å². The standard InChI is InChI=1S/C20H19N5O/c1-14-10-19(24-6-8-26-9-7-24)23-20-17(13-22-25(14)20)16-11-15-4-2-3-5-18(15)21-12-16/h2-5,10-13H,6-9H2,1H3. The summed E-state index contributed by atoms with van der Waals surface area (Å²) in [7, 11) is 0. The van der Waals surface area contributed by atoms with Gasteiger partial charge in [0.25, 0.3) is 0 Å². The molecule has 0 aliphatic carbocycles.